The molecule has 10 heteroatoms. The summed E-state index contributed by atoms with van der Waals surface area (Å²) >= 11 is 0. The molecular weight excluding hydrogens is 398 g/mol. The maximum absolute atomic E-state index is 12.4. The second kappa shape index (κ2) is 10.3. The van der Waals surface area contributed by atoms with E-state index < -0.39 is 5.60 Å². The molecule has 0 bridgehead atoms. The molecule has 0 spiro atoms. The second-order valence-electron chi connectivity index (χ2n) is 8.50. The summed E-state index contributed by atoms with van der Waals surface area (Å²) in [6.45, 7) is 10.3. The van der Waals surface area contributed by atoms with Crippen LogP contribution in [0.1, 0.15) is 46.4 Å². The zero-order valence-electron chi connectivity index (χ0n) is 18.8. The van der Waals surface area contributed by atoms with Crippen LogP contribution >= 0.6 is 0 Å². The number of rotatable bonds is 6. The highest BCUT2D eigenvalue weighted by atomic mass is 16.6. The second-order valence-corrected chi connectivity index (χ2v) is 8.50. The van der Waals surface area contributed by atoms with E-state index >= 15 is 0 Å². The van der Waals surface area contributed by atoms with Crippen molar-refractivity contribution in [2.24, 2.45) is 4.99 Å². The smallest absolute Gasteiger partial charge is 0.410 e. The topological polar surface area (TPSA) is 121 Å². The molecule has 1 aliphatic heterocycles. The standard InChI is InChI=1S/C21H33N7O3/c1-5-22-19(23-11-10-17-25-18(27-26-17)16-9-7-13-30-16)24-15-8-6-12-28(14-15)20(29)31-21(2,3)4/h7,9,13,15H,5-6,8,10-12,14H2,1-4H3,(H2,22,23,24)(H,25,26,27). The molecule has 2 aromatic rings. The maximum atomic E-state index is 12.4. The van der Waals surface area contributed by atoms with Crippen LogP contribution in [0.4, 0.5) is 4.79 Å². The molecule has 31 heavy (non-hydrogen) atoms. The number of carbonyl (C=O) groups excluding carboxylic acids is 1. The summed E-state index contributed by atoms with van der Waals surface area (Å²) in [6.07, 6.45) is 3.85. The van der Waals surface area contributed by atoms with Crippen molar-refractivity contribution in [1.82, 2.24) is 30.7 Å². The summed E-state index contributed by atoms with van der Waals surface area (Å²) < 4.78 is 10.8. The van der Waals surface area contributed by atoms with Crippen molar-refractivity contribution in [3.63, 3.8) is 0 Å². The highest BCUT2D eigenvalue weighted by Gasteiger charge is 2.28. The number of aromatic nitrogens is 3. The van der Waals surface area contributed by atoms with Crippen LogP contribution in [0.3, 0.4) is 0 Å². The summed E-state index contributed by atoms with van der Waals surface area (Å²) in [4.78, 5) is 23.3. The van der Waals surface area contributed by atoms with Gasteiger partial charge in [-0.1, -0.05) is 0 Å². The quantitative estimate of drug-likeness (QED) is 0.475. The van der Waals surface area contributed by atoms with Crippen LogP contribution in [0.25, 0.3) is 11.6 Å². The van der Waals surface area contributed by atoms with Gasteiger partial charge in [-0.3, -0.25) is 10.1 Å². The molecule has 1 atom stereocenters. The molecule has 0 saturated carbocycles. The Morgan fingerprint density at radius 3 is 3.00 bits per heavy atom. The minimum Gasteiger partial charge on any atom is -0.461 e. The van der Waals surface area contributed by atoms with Gasteiger partial charge in [0.1, 0.15) is 11.4 Å². The van der Waals surface area contributed by atoms with Gasteiger partial charge in [0.2, 0.25) is 5.82 Å². The third-order valence-electron chi connectivity index (χ3n) is 4.65. The normalized spacial score (nSPS) is 17.5. The van der Waals surface area contributed by atoms with E-state index in [1.165, 1.54) is 0 Å². The monoisotopic (exact) mass is 431 g/mol. The molecule has 1 amide bonds. The molecule has 170 valence electrons. The van der Waals surface area contributed by atoms with Gasteiger partial charge in [-0.25, -0.2) is 9.78 Å². The fraction of sp³-hybridized carbons (Fsp3) is 0.619. The van der Waals surface area contributed by atoms with Gasteiger partial charge in [0.25, 0.3) is 0 Å². The summed E-state index contributed by atoms with van der Waals surface area (Å²) in [6, 6.07) is 3.75. The van der Waals surface area contributed by atoms with Crippen molar-refractivity contribution in [2.45, 2.75) is 58.6 Å². The Bertz CT molecular complexity index is 855. The summed E-state index contributed by atoms with van der Waals surface area (Å²) in [5.74, 6) is 2.65. The summed E-state index contributed by atoms with van der Waals surface area (Å²) in [7, 11) is 0. The number of likely N-dealkylation sites (tertiary alicyclic amines) is 1. The number of aromatic amines is 1. The number of aliphatic imine (C=N–C) groups is 1. The summed E-state index contributed by atoms with van der Waals surface area (Å²) in [5.41, 5.74) is -0.495. The number of H-pyrrole nitrogens is 1. The number of carbonyl (C=O) groups is 1. The number of nitrogens with zero attached hydrogens (tertiary/aromatic N) is 4. The van der Waals surface area contributed by atoms with Gasteiger partial charge >= 0.3 is 6.09 Å². The molecule has 1 unspecified atom stereocenters. The van der Waals surface area contributed by atoms with Gasteiger partial charge < -0.3 is 24.7 Å². The molecule has 0 aromatic carbocycles. The van der Waals surface area contributed by atoms with Gasteiger partial charge in [-0.2, -0.15) is 5.10 Å². The van der Waals surface area contributed by atoms with Crippen LogP contribution in [-0.2, 0) is 11.2 Å². The lowest BCUT2D eigenvalue weighted by molar-refractivity contribution is 0.0193. The Morgan fingerprint density at radius 2 is 2.29 bits per heavy atom. The first-order valence-electron chi connectivity index (χ1n) is 10.8. The number of amides is 1. The first-order valence-corrected chi connectivity index (χ1v) is 10.8. The Balaban J connectivity index is 1.52. The Hall–Kier alpha value is -3.04. The van der Waals surface area contributed by atoms with Crippen LogP contribution in [-0.4, -0.2) is 70.0 Å². The zero-order valence-corrected chi connectivity index (χ0v) is 18.8. The minimum atomic E-state index is -0.495. The molecule has 3 rings (SSSR count). The lowest BCUT2D eigenvalue weighted by Gasteiger charge is -2.35. The van der Waals surface area contributed by atoms with Crippen molar-refractivity contribution in [3.05, 3.63) is 24.2 Å². The molecule has 0 radical (unpaired) electrons. The van der Waals surface area contributed by atoms with Crippen molar-refractivity contribution < 1.29 is 13.9 Å². The van der Waals surface area contributed by atoms with E-state index in [0.717, 1.165) is 31.2 Å². The number of ether oxygens (including phenoxy) is 1. The van der Waals surface area contributed by atoms with Crippen LogP contribution in [0, 0.1) is 0 Å². The number of piperidine rings is 1. The van der Waals surface area contributed by atoms with Crippen LogP contribution < -0.4 is 10.6 Å². The lowest BCUT2D eigenvalue weighted by Crippen LogP contribution is -2.53. The number of hydrogen-bond acceptors (Lipinski definition) is 6. The number of furan rings is 1. The average molecular weight is 432 g/mol. The predicted octanol–water partition coefficient (Wildman–Crippen LogP) is 2.56. The number of guanidine groups is 1. The first kappa shape index (κ1) is 22.6. The molecule has 0 aliphatic carbocycles. The van der Waals surface area contributed by atoms with E-state index in [-0.39, 0.29) is 12.1 Å². The van der Waals surface area contributed by atoms with Crippen molar-refractivity contribution in [3.8, 4) is 11.6 Å². The molecule has 1 saturated heterocycles. The number of hydrogen-bond donors (Lipinski definition) is 3. The first-order chi connectivity index (χ1) is 14.8. The van der Waals surface area contributed by atoms with Crippen LogP contribution in [0.15, 0.2) is 27.8 Å². The van der Waals surface area contributed by atoms with Gasteiger partial charge in [-0.15, -0.1) is 0 Å². The third kappa shape index (κ3) is 7.01. The Labute approximate surface area is 182 Å². The van der Waals surface area contributed by atoms with E-state index in [4.69, 9.17) is 9.15 Å². The van der Waals surface area contributed by atoms with E-state index in [1.54, 1.807) is 17.2 Å². The van der Waals surface area contributed by atoms with Crippen LogP contribution in [0.2, 0.25) is 0 Å². The highest BCUT2D eigenvalue weighted by molar-refractivity contribution is 5.80. The van der Waals surface area contributed by atoms with Crippen molar-refractivity contribution in [1.29, 1.82) is 0 Å². The zero-order chi connectivity index (χ0) is 22.3. The minimum absolute atomic E-state index is 0.120. The van der Waals surface area contributed by atoms with Gasteiger partial charge in [0.05, 0.1) is 6.26 Å². The Morgan fingerprint density at radius 1 is 1.45 bits per heavy atom. The van der Waals surface area contributed by atoms with E-state index in [0.29, 0.717) is 37.6 Å². The molecule has 1 fully saturated rings. The molecular formula is C21H33N7O3. The largest absolute Gasteiger partial charge is 0.461 e. The lowest BCUT2D eigenvalue weighted by atomic mass is 10.1. The average Bonchev–Trinajstić information content (AvgIpc) is 3.39. The molecule has 3 N–H and O–H groups in total. The Kier molecular flexibility index (Phi) is 7.54. The van der Waals surface area contributed by atoms with Crippen molar-refractivity contribution in [2.75, 3.05) is 26.2 Å². The van der Waals surface area contributed by atoms with E-state index in [1.807, 2.05) is 33.8 Å². The summed E-state index contributed by atoms with van der Waals surface area (Å²) in [5, 5.41) is 13.8. The molecule has 10 nitrogen and oxygen atoms in total. The van der Waals surface area contributed by atoms with E-state index in [2.05, 4.69) is 30.8 Å². The van der Waals surface area contributed by atoms with Gasteiger partial charge in [-0.05, 0) is 52.7 Å². The molecule has 3 heterocycles. The van der Waals surface area contributed by atoms with Gasteiger partial charge in [0.15, 0.2) is 11.7 Å². The molecule has 1 aliphatic rings. The highest BCUT2D eigenvalue weighted by Crippen LogP contribution is 2.16. The predicted molar refractivity (Wildman–Crippen MR) is 118 cm³/mol. The fourth-order valence-corrected chi connectivity index (χ4v) is 3.30. The third-order valence-corrected chi connectivity index (χ3v) is 4.65. The van der Waals surface area contributed by atoms with Crippen LogP contribution in [0.5, 0.6) is 0 Å². The SMILES string of the molecule is CCNC(=NCCc1nc(-c2ccco2)n[nH]1)NC1CCCN(C(=O)OC(C)(C)C)C1. The fourth-order valence-electron chi connectivity index (χ4n) is 3.30. The number of nitrogens with one attached hydrogen (secondary N) is 3. The van der Waals surface area contributed by atoms with Gasteiger partial charge in [0, 0.05) is 38.6 Å². The molecule has 2 aromatic heterocycles. The van der Waals surface area contributed by atoms with E-state index in [9.17, 15) is 4.79 Å². The maximum Gasteiger partial charge on any atom is 0.410 e. The van der Waals surface area contributed by atoms with Crippen molar-refractivity contribution >= 4 is 12.1 Å².